The van der Waals surface area contributed by atoms with Gasteiger partial charge in [-0.2, -0.15) is 0 Å². The van der Waals surface area contributed by atoms with Crippen LogP contribution >= 0.6 is 0 Å². The molecular formula is C46H42O6Zn. The van der Waals surface area contributed by atoms with Gasteiger partial charge in [-0.3, -0.25) is 0 Å². The molecule has 0 fully saturated rings. The molecule has 0 radical (unpaired) electrons. The minimum atomic E-state index is -1.18. The van der Waals surface area contributed by atoms with E-state index in [1.807, 2.05) is 161 Å². The van der Waals surface area contributed by atoms with Crippen LogP contribution in [0.3, 0.4) is 0 Å². The predicted molar refractivity (Wildman–Crippen MR) is 202 cm³/mol. The molecule has 264 valence electrons. The summed E-state index contributed by atoms with van der Waals surface area (Å²) in [6, 6.07) is 45.9. The molecule has 6 rings (SSSR count). The quantitative estimate of drug-likeness (QED) is 0.134. The summed E-state index contributed by atoms with van der Waals surface area (Å²) < 4.78 is 0. The molecule has 4 unspecified atom stereocenters. The van der Waals surface area contributed by atoms with Crippen LogP contribution in [0.5, 0.6) is 11.5 Å². The van der Waals surface area contributed by atoms with Crippen molar-refractivity contribution in [2.45, 2.75) is 51.4 Å². The second-order valence-corrected chi connectivity index (χ2v) is 13.1. The molecule has 0 aliphatic heterocycles. The van der Waals surface area contributed by atoms with Crippen molar-refractivity contribution >= 4 is 11.9 Å². The molecule has 6 aromatic rings. The second kappa shape index (κ2) is 18.3. The Morgan fingerprint density at radius 1 is 0.415 bits per heavy atom. The van der Waals surface area contributed by atoms with Gasteiger partial charge in [-0.25, -0.2) is 9.59 Å². The average Bonchev–Trinajstić information content (AvgIpc) is 3.18. The van der Waals surface area contributed by atoms with Gasteiger partial charge in [0.05, 0.1) is 11.1 Å². The van der Waals surface area contributed by atoms with Crippen molar-refractivity contribution in [1.82, 2.24) is 0 Å². The number of benzene rings is 6. The SMILES string of the molecule is CC(c1ccccc1)c1cc(C(=O)O)c([O-])c(C(C)c2ccccc2)c1.CC(c1ccccc1)c1cc(C(=O)O)c([O-])c(C(C)c2ccccc2)c1.[Zn+2]. The second-order valence-electron chi connectivity index (χ2n) is 13.1. The van der Waals surface area contributed by atoms with E-state index in [1.54, 1.807) is 0 Å². The normalized spacial score (nSPS) is 12.9. The fourth-order valence-corrected chi connectivity index (χ4v) is 6.52. The van der Waals surface area contributed by atoms with E-state index in [0.29, 0.717) is 11.1 Å². The number of carboxylic acid groups (broad SMARTS) is 2. The molecule has 0 saturated heterocycles. The smallest absolute Gasteiger partial charge is 0.872 e. The number of carboxylic acids is 2. The largest absolute Gasteiger partial charge is 2.00 e. The number of hydrogen-bond donors (Lipinski definition) is 2. The number of rotatable bonds is 10. The standard InChI is InChI=1S/2C23H22O3.Zn/c2*1-15(17-9-5-3-6-10-17)19-13-20(22(24)21(14-19)23(25)26)16(2)18-11-7-4-8-12-18;/h2*3-16,24H,1-2H3,(H,25,26);/q;;+2/p-2. The molecule has 0 saturated carbocycles. The van der Waals surface area contributed by atoms with E-state index in [2.05, 4.69) is 0 Å². The molecule has 53 heavy (non-hydrogen) atoms. The fourth-order valence-electron chi connectivity index (χ4n) is 6.52. The minimum Gasteiger partial charge on any atom is -0.872 e. The minimum absolute atomic E-state index is 0. The van der Waals surface area contributed by atoms with Gasteiger partial charge in [0, 0.05) is 23.7 Å². The average molecular weight is 756 g/mol. The molecule has 0 amide bonds. The van der Waals surface area contributed by atoms with E-state index in [4.69, 9.17) is 0 Å². The molecule has 0 spiro atoms. The van der Waals surface area contributed by atoms with Crippen molar-refractivity contribution in [3.63, 3.8) is 0 Å². The molecule has 6 aromatic carbocycles. The number of aromatic carboxylic acids is 2. The van der Waals surface area contributed by atoms with Crippen LogP contribution in [0.4, 0.5) is 0 Å². The molecular weight excluding hydrogens is 714 g/mol. The van der Waals surface area contributed by atoms with E-state index in [0.717, 1.165) is 33.4 Å². The first-order valence-electron chi connectivity index (χ1n) is 17.3. The molecule has 6 nitrogen and oxygen atoms in total. The Balaban J connectivity index is 0.000000232. The van der Waals surface area contributed by atoms with Crippen LogP contribution in [0, 0.1) is 0 Å². The van der Waals surface area contributed by atoms with Crippen LogP contribution < -0.4 is 10.2 Å². The summed E-state index contributed by atoms with van der Waals surface area (Å²) in [4.78, 5) is 23.3. The number of carbonyl (C=O) groups is 2. The van der Waals surface area contributed by atoms with Crippen LogP contribution in [-0.4, -0.2) is 22.2 Å². The van der Waals surface area contributed by atoms with Crippen LogP contribution in [0.2, 0.25) is 0 Å². The van der Waals surface area contributed by atoms with Gasteiger partial charge >= 0.3 is 31.4 Å². The third-order valence-electron chi connectivity index (χ3n) is 9.87. The van der Waals surface area contributed by atoms with E-state index in [9.17, 15) is 30.0 Å². The van der Waals surface area contributed by atoms with Crippen molar-refractivity contribution < 1.29 is 49.5 Å². The van der Waals surface area contributed by atoms with Crippen molar-refractivity contribution in [3.05, 3.63) is 201 Å². The van der Waals surface area contributed by atoms with Gasteiger partial charge in [-0.15, -0.1) is 0 Å². The predicted octanol–water partition coefficient (Wildman–Crippen LogP) is 9.52. The summed E-state index contributed by atoms with van der Waals surface area (Å²) >= 11 is 0. The summed E-state index contributed by atoms with van der Waals surface area (Å²) in [5.74, 6) is -3.53. The maximum Gasteiger partial charge on any atom is 2.00 e. The van der Waals surface area contributed by atoms with Gasteiger partial charge in [-0.05, 0) is 56.6 Å². The summed E-state index contributed by atoms with van der Waals surface area (Å²) in [6.45, 7) is 7.93. The van der Waals surface area contributed by atoms with E-state index in [-0.39, 0.29) is 54.3 Å². The zero-order chi connectivity index (χ0) is 37.4. The Morgan fingerprint density at radius 3 is 0.906 bits per heavy atom. The Bertz CT molecular complexity index is 1960. The molecule has 2 N–H and O–H groups in total. The van der Waals surface area contributed by atoms with Gasteiger partial charge in [0.25, 0.3) is 0 Å². The monoisotopic (exact) mass is 754 g/mol. The molecule has 4 atom stereocenters. The Labute approximate surface area is 324 Å². The zero-order valence-electron chi connectivity index (χ0n) is 30.4. The van der Waals surface area contributed by atoms with Gasteiger partial charge in [0.2, 0.25) is 0 Å². The molecule has 0 aliphatic rings. The summed E-state index contributed by atoms with van der Waals surface area (Å²) in [5.41, 5.74) is 6.54. The Hall–Kier alpha value is -5.52. The van der Waals surface area contributed by atoms with E-state index in [1.165, 1.54) is 12.1 Å². The fraction of sp³-hybridized carbons (Fsp3) is 0.174. The first-order chi connectivity index (χ1) is 25.0. The zero-order valence-corrected chi connectivity index (χ0v) is 33.4. The summed E-state index contributed by atoms with van der Waals surface area (Å²) in [7, 11) is 0. The molecule has 0 aromatic heterocycles. The maximum absolute atomic E-state index is 12.8. The van der Waals surface area contributed by atoms with Crippen LogP contribution in [0.25, 0.3) is 0 Å². The van der Waals surface area contributed by atoms with Gasteiger partial charge in [0.1, 0.15) is 0 Å². The van der Waals surface area contributed by atoms with E-state index < -0.39 is 23.4 Å². The van der Waals surface area contributed by atoms with Crippen LogP contribution in [0.1, 0.15) is 117 Å². The first-order valence-corrected chi connectivity index (χ1v) is 17.3. The topological polar surface area (TPSA) is 121 Å². The van der Waals surface area contributed by atoms with Crippen molar-refractivity contribution in [2.75, 3.05) is 0 Å². The van der Waals surface area contributed by atoms with Crippen molar-refractivity contribution in [3.8, 4) is 11.5 Å². The summed E-state index contributed by atoms with van der Waals surface area (Å²) in [5, 5.41) is 44.5. The summed E-state index contributed by atoms with van der Waals surface area (Å²) in [6.07, 6.45) is 0. The van der Waals surface area contributed by atoms with Crippen molar-refractivity contribution in [2.24, 2.45) is 0 Å². The van der Waals surface area contributed by atoms with Gasteiger partial charge < -0.3 is 20.4 Å². The van der Waals surface area contributed by atoms with Crippen LogP contribution in [-0.2, 0) is 19.5 Å². The first kappa shape index (κ1) is 40.3. The van der Waals surface area contributed by atoms with Gasteiger partial charge in [0.15, 0.2) is 0 Å². The third kappa shape index (κ3) is 9.48. The molecule has 0 heterocycles. The Kier molecular flexibility index (Phi) is 13.9. The maximum atomic E-state index is 12.8. The number of hydrogen-bond acceptors (Lipinski definition) is 4. The van der Waals surface area contributed by atoms with Gasteiger partial charge in [-0.1, -0.05) is 173 Å². The third-order valence-corrected chi connectivity index (χ3v) is 9.87. The Morgan fingerprint density at radius 2 is 0.660 bits per heavy atom. The molecule has 0 aliphatic carbocycles. The van der Waals surface area contributed by atoms with E-state index >= 15 is 0 Å². The molecule has 0 bridgehead atoms. The van der Waals surface area contributed by atoms with Crippen molar-refractivity contribution in [1.29, 1.82) is 0 Å². The van der Waals surface area contributed by atoms with Crippen LogP contribution in [0.15, 0.2) is 146 Å². The molecule has 7 heteroatoms.